The van der Waals surface area contributed by atoms with Gasteiger partial charge in [0.15, 0.2) is 17.1 Å². The Hall–Kier alpha value is -3.04. The SMILES string of the molecule is C=CC(C)=O.CCOC(=O)C(C)(CCC(C)=O)C(=O)OCC.CCOC(=O)C(C)C(=O)OCC. The van der Waals surface area contributed by atoms with Crippen LogP contribution in [0, 0.1) is 11.3 Å². The highest BCUT2D eigenvalue weighted by molar-refractivity contribution is 6.00. The Morgan fingerprint density at radius 3 is 1.32 bits per heavy atom. The summed E-state index contributed by atoms with van der Waals surface area (Å²) in [5.74, 6) is -3.22. The topological polar surface area (TPSA) is 139 Å². The monoisotopic (exact) mass is 488 g/mol. The summed E-state index contributed by atoms with van der Waals surface area (Å²) in [5.41, 5.74) is -1.39. The number of Topliss-reactive ketones (excluding diaryl/α,β-unsaturated/α-hetero) is 1. The van der Waals surface area contributed by atoms with Gasteiger partial charge < -0.3 is 23.7 Å². The van der Waals surface area contributed by atoms with E-state index in [1.165, 1.54) is 33.8 Å². The van der Waals surface area contributed by atoms with Crippen molar-refractivity contribution >= 4 is 35.4 Å². The molecule has 0 atom stereocenters. The zero-order valence-electron chi connectivity index (χ0n) is 21.7. The number of rotatable bonds is 12. The zero-order chi connectivity index (χ0) is 27.3. The van der Waals surface area contributed by atoms with E-state index in [-0.39, 0.29) is 50.8 Å². The van der Waals surface area contributed by atoms with Crippen LogP contribution < -0.4 is 0 Å². The minimum atomic E-state index is -1.39. The Morgan fingerprint density at radius 1 is 0.765 bits per heavy atom. The maximum Gasteiger partial charge on any atom is 0.323 e. The number of hydrogen-bond donors (Lipinski definition) is 0. The molecular formula is C24H40O10. The number of allylic oxidation sites excluding steroid dienone is 1. The molecule has 0 saturated heterocycles. The summed E-state index contributed by atoms with van der Waals surface area (Å²) in [5, 5.41) is 0. The summed E-state index contributed by atoms with van der Waals surface area (Å²) >= 11 is 0. The van der Waals surface area contributed by atoms with Gasteiger partial charge in [-0.15, -0.1) is 0 Å². The highest BCUT2D eigenvalue weighted by Gasteiger charge is 2.44. The predicted molar refractivity (Wildman–Crippen MR) is 125 cm³/mol. The Bertz CT molecular complexity index is 645. The summed E-state index contributed by atoms with van der Waals surface area (Å²) < 4.78 is 19.0. The molecule has 0 rings (SSSR count). The second-order valence-corrected chi connectivity index (χ2v) is 7.02. The normalized spacial score (nSPS) is 9.79. The van der Waals surface area contributed by atoms with Crippen molar-refractivity contribution in [3.8, 4) is 0 Å². The number of carbonyl (C=O) groups is 6. The minimum Gasteiger partial charge on any atom is -0.465 e. The third-order valence-electron chi connectivity index (χ3n) is 4.00. The lowest BCUT2D eigenvalue weighted by Gasteiger charge is -2.24. The fraction of sp³-hybridized carbons (Fsp3) is 0.667. The molecule has 0 aromatic rings. The average molecular weight is 489 g/mol. The van der Waals surface area contributed by atoms with Gasteiger partial charge in [0.2, 0.25) is 0 Å². The molecule has 10 nitrogen and oxygen atoms in total. The van der Waals surface area contributed by atoms with Crippen LogP contribution in [0.5, 0.6) is 0 Å². The molecule has 0 aliphatic rings. The van der Waals surface area contributed by atoms with Crippen LogP contribution in [-0.4, -0.2) is 61.9 Å². The molecule has 10 heteroatoms. The first-order valence-corrected chi connectivity index (χ1v) is 11.1. The van der Waals surface area contributed by atoms with Crippen molar-refractivity contribution < 1.29 is 47.7 Å². The molecule has 0 fully saturated rings. The molecule has 0 aliphatic heterocycles. The standard InChI is InChI=1S/C12H20O5.C8H14O4.C4H6O/c1-5-16-10(14)12(4,8-7-9(3)13)11(15)17-6-2;1-4-11-7(9)6(3)8(10)12-5-2;1-3-4(2)5/h5-8H2,1-4H3;6H,4-5H2,1-3H3;3H,1H2,2H3. The molecule has 0 heterocycles. The Balaban J connectivity index is -0.000000490. The van der Waals surface area contributed by atoms with E-state index in [0.29, 0.717) is 0 Å². The van der Waals surface area contributed by atoms with Crippen molar-refractivity contribution in [3.05, 3.63) is 12.7 Å². The van der Waals surface area contributed by atoms with Gasteiger partial charge in [0.1, 0.15) is 5.78 Å². The number of ketones is 2. The molecule has 0 amide bonds. The average Bonchev–Trinajstić information content (AvgIpc) is 2.78. The number of carbonyl (C=O) groups excluding carboxylic acids is 6. The van der Waals surface area contributed by atoms with Crippen LogP contribution in [-0.2, 0) is 47.7 Å². The second-order valence-electron chi connectivity index (χ2n) is 7.02. The first-order chi connectivity index (χ1) is 15.8. The first kappa shape index (κ1) is 35.5. The molecule has 0 aromatic carbocycles. The maximum absolute atomic E-state index is 11.8. The second kappa shape index (κ2) is 20.6. The fourth-order valence-corrected chi connectivity index (χ4v) is 1.92. The van der Waals surface area contributed by atoms with Crippen molar-refractivity contribution in [2.75, 3.05) is 26.4 Å². The van der Waals surface area contributed by atoms with Crippen molar-refractivity contribution in [3.63, 3.8) is 0 Å². The summed E-state index contributed by atoms with van der Waals surface area (Å²) in [7, 11) is 0. The number of esters is 4. The lowest BCUT2D eigenvalue weighted by molar-refractivity contribution is -0.171. The van der Waals surface area contributed by atoms with Crippen LogP contribution in [0.3, 0.4) is 0 Å². The van der Waals surface area contributed by atoms with Gasteiger partial charge in [-0.25, -0.2) is 0 Å². The molecule has 0 aromatic heterocycles. The molecule has 0 saturated carbocycles. The summed E-state index contributed by atoms with van der Waals surface area (Å²) in [4.78, 5) is 66.0. The third-order valence-corrected chi connectivity index (χ3v) is 4.00. The van der Waals surface area contributed by atoms with Gasteiger partial charge in [0, 0.05) is 6.42 Å². The summed E-state index contributed by atoms with van der Waals surface area (Å²) in [6.45, 7) is 16.6. The molecule has 0 unspecified atom stereocenters. The quantitative estimate of drug-likeness (QED) is 0.174. The van der Waals surface area contributed by atoms with E-state index in [2.05, 4.69) is 16.1 Å². The molecule has 0 N–H and O–H groups in total. The van der Waals surface area contributed by atoms with Crippen molar-refractivity contribution in [1.29, 1.82) is 0 Å². The first-order valence-electron chi connectivity index (χ1n) is 11.1. The van der Waals surface area contributed by atoms with Gasteiger partial charge in [-0.05, 0) is 67.9 Å². The van der Waals surface area contributed by atoms with Crippen molar-refractivity contribution in [2.24, 2.45) is 11.3 Å². The lowest BCUT2D eigenvalue weighted by Crippen LogP contribution is -2.39. The lowest BCUT2D eigenvalue weighted by atomic mass is 9.85. The van der Waals surface area contributed by atoms with Crippen LogP contribution in [0.1, 0.15) is 68.2 Å². The summed E-state index contributed by atoms with van der Waals surface area (Å²) in [6, 6.07) is 0. The van der Waals surface area contributed by atoms with Crippen molar-refractivity contribution in [2.45, 2.75) is 68.2 Å². The Kier molecular flexibility index (Phi) is 21.5. The van der Waals surface area contributed by atoms with Crippen molar-refractivity contribution in [1.82, 2.24) is 0 Å². The molecular weight excluding hydrogens is 448 g/mol. The van der Waals surface area contributed by atoms with E-state index < -0.39 is 35.2 Å². The third kappa shape index (κ3) is 16.6. The van der Waals surface area contributed by atoms with E-state index >= 15 is 0 Å². The van der Waals surface area contributed by atoms with E-state index in [9.17, 15) is 28.8 Å². The van der Waals surface area contributed by atoms with E-state index in [1.54, 1.807) is 27.7 Å². The molecule has 196 valence electrons. The zero-order valence-corrected chi connectivity index (χ0v) is 21.7. The minimum absolute atomic E-state index is 0.0185. The molecule has 0 aliphatic carbocycles. The highest BCUT2D eigenvalue weighted by atomic mass is 16.6. The van der Waals surface area contributed by atoms with Gasteiger partial charge in [0.05, 0.1) is 26.4 Å². The highest BCUT2D eigenvalue weighted by Crippen LogP contribution is 2.27. The molecule has 0 spiro atoms. The van der Waals surface area contributed by atoms with Gasteiger partial charge in [-0.1, -0.05) is 6.58 Å². The van der Waals surface area contributed by atoms with Gasteiger partial charge >= 0.3 is 23.9 Å². The maximum atomic E-state index is 11.8. The number of hydrogen-bond acceptors (Lipinski definition) is 10. The fourth-order valence-electron chi connectivity index (χ4n) is 1.92. The van der Waals surface area contributed by atoms with Crippen LogP contribution in [0.25, 0.3) is 0 Å². The molecule has 0 radical (unpaired) electrons. The van der Waals surface area contributed by atoms with E-state index in [1.807, 2.05) is 0 Å². The van der Waals surface area contributed by atoms with E-state index in [0.717, 1.165) is 0 Å². The van der Waals surface area contributed by atoms with Gasteiger partial charge in [-0.3, -0.25) is 24.0 Å². The smallest absolute Gasteiger partial charge is 0.323 e. The largest absolute Gasteiger partial charge is 0.465 e. The van der Waals surface area contributed by atoms with E-state index in [4.69, 9.17) is 9.47 Å². The molecule has 0 bridgehead atoms. The Morgan fingerprint density at radius 2 is 1.09 bits per heavy atom. The van der Waals surface area contributed by atoms with Crippen LogP contribution in [0.15, 0.2) is 12.7 Å². The molecule has 34 heavy (non-hydrogen) atoms. The Labute approximate surface area is 202 Å². The number of ether oxygens (including phenoxy) is 4. The van der Waals surface area contributed by atoms with Crippen LogP contribution >= 0.6 is 0 Å². The van der Waals surface area contributed by atoms with Gasteiger partial charge in [0.25, 0.3) is 0 Å². The van der Waals surface area contributed by atoms with Gasteiger partial charge in [-0.2, -0.15) is 0 Å². The summed E-state index contributed by atoms with van der Waals surface area (Å²) in [6.07, 6.45) is 1.54. The van der Waals surface area contributed by atoms with Crippen LogP contribution in [0.2, 0.25) is 0 Å². The van der Waals surface area contributed by atoms with Crippen LogP contribution in [0.4, 0.5) is 0 Å². The predicted octanol–water partition coefficient (Wildman–Crippen LogP) is 3.00.